The summed E-state index contributed by atoms with van der Waals surface area (Å²) in [6, 6.07) is 10.4. The molecule has 1 aliphatic heterocycles. The number of pyridine rings is 1. The molecule has 1 aromatic carbocycles. The van der Waals surface area contributed by atoms with Gasteiger partial charge in [-0.2, -0.15) is 0 Å². The van der Waals surface area contributed by atoms with Crippen LogP contribution in [-0.2, 0) is 4.79 Å². The summed E-state index contributed by atoms with van der Waals surface area (Å²) in [5.74, 6) is 0.592. The van der Waals surface area contributed by atoms with Crippen molar-refractivity contribution in [3.8, 4) is 11.5 Å². The SMILES string of the molecule is COc1ccc(OC)c(C(c2ccccn2)N2CCCCC2C(=O)O)c1. The summed E-state index contributed by atoms with van der Waals surface area (Å²) in [5.41, 5.74) is 1.66. The van der Waals surface area contributed by atoms with Gasteiger partial charge >= 0.3 is 5.97 Å². The van der Waals surface area contributed by atoms with Crippen LogP contribution in [0.25, 0.3) is 0 Å². The third kappa shape index (κ3) is 3.65. The molecule has 1 aliphatic rings. The summed E-state index contributed by atoms with van der Waals surface area (Å²) in [6.07, 6.45) is 4.23. The Morgan fingerprint density at radius 2 is 2.08 bits per heavy atom. The number of hydrogen-bond acceptors (Lipinski definition) is 5. The first kappa shape index (κ1) is 18.2. The maximum absolute atomic E-state index is 11.9. The number of likely N-dealkylation sites (tertiary alicyclic amines) is 1. The van der Waals surface area contributed by atoms with Crippen LogP contribution < -0.4 is 9.47 Å². The lowest BCUT2D eigenvalue weighted by Gasteiger charge is -2.39. The van der Waals surface area contributed by atoms with Crippen LogP contribution in [0.3, 0.4) is 0 Å². The molecule has 2 atom stereocenters. The molecule has 26 heavy (non-hydrogen) atoms. The number of aliphatic carboxylic acids is 1. The van der Waals surface area contributed by atoms with Gasteiger partial charge in [-0.3, -0.25) is 14.7 Å². The molecule has 1 N–H and O–H groups in total. The van der Waals surface area contributed by atoms with Crippen molar-refractivity contribution >= 4 is 5.97 Å². The molecule has 2 unspecified atom stereocenters. The molecule has 6 nitrogen and oxygen atoms in total. The Morgan fingerprint density at radius 3 is 2.73 bits per heavy atom. The maximum atomic E-state index is 11.9. The van der Waals surface area contributed by atoms with Crippen LogP contribution in [0.2, 0.25) is 0 Å². The van der Waals surface area contributed by atoms with Crippen LogP contribution in [-0.4, -0.2) is 47.8 Å². The zero-order valence-corrected chi connectivity index (χ0v) is 15.1. The number of carboxylic acids is 1. The Kier molecular flexibility index (Phi) is 5.73. The van der Waals surface area contributed by atoms with E-state index in [9.17, 15) is 9.90 Å². The average molecular weight is 356 g/mol. The lowest BCUT2D eigenvalue weighted by molar-refractivity contribution is -0.145. The minimum atomic E-state index is -0.799. The van der Waals surface area contributed by atoms with E-state index >= 15 is 0 Å². The Hall–Kier alpha value is -2.60. The fourth-order valence-corrected chi connectivity index (χ4v) is 3.63. The van der Waals surface area contributed by atoms with Crippen molar-refractivity contribution in [2.45, 2.75) is 31.3 Å². The second kappa shape index (κ2) is 8.19. The van der Waals surface area contributed by atoms with Crippen molar-refractivity contribution in [3.05, 3.63) is 53.9 Å². The highest BCUT2D eigenvalue weighted by Crippen LogP contribution is 2.39. The maximum Gasteiger partial charge on any atom is 0.320 e. The summed E-state index contributed by atoms with van der Waals surface area (Å²) in [5, 5.41) is 9.76. The minimum Gasteiger partial charge on any atom is -0.497 e. The van der Waals surface area contributed by atoms with Gasteiger partial charge in [0.15, 0.2) is 0 Å². The molecular weight excluding hydrogens is 332 g/mol. The van der Waals surface area contributed by atoms with Crippen molar-refractivity contribution in [1.29, 1.82) is 0 Å². The zero-order chi connectivity index (χ0) is 18.5. The quantitative estimate of drug-likeness (QED) is 0.857. The van der Waals surface area contributed by atoms with Gasteiger partial charge in [0.25, 0.3) is 0 Å². The van der Waals surface area contributed by atoms with Crippen molar-refractivity contribution in [2.75, 3.05) is 20.8 Å². The van der Waals surface area contributed by atoms with Crippen LogP contribution in [0, 0.1) is 0 Å². The lowest BCUT2D eigenvalue weighted by Crippen LogP contribution is -2.47. The third-order valence-corrected chi connectivity index (χ3v) is 4.86. The van der Waals surface area contributed by atoms with E-state index in [2.05, 4.69) is 4.98 Å². The second-order valence-electron chi connectivity index (χ2n) is 6.35. The number of methoxy groups -OCH3 is 2. The highest BCUT2D eigenvalue weighted by molar-refractivity contribution is 5.73. The predicted molar refractivity (Wildman–Crippen MR) is 97.6 cm³/mol. The summed E-state index contributed by atoms with van der Waals surface area (Å²) in [6.45, 7) is 0.693. The molecule has 1 fully saturated rings. The molecule has 138 valence electrons. The van der Waals surface area contributed by atoms with Crippen molar-refractivity contribution < 1.29 is 19.4 Å². The zero-order valence-electron chi connectivity index (χ0n) is 15.1. The van der Waals surface area contributed by atoms with Crippen LogP contribution in [0.15, 0.2) is 42.6 Å². The topological polar surface area (TPSA) is 71.9 Å². The van der Waals surface area contributed by atoms with Crippen LogP contribution in [0.1, 0.15) is 36.6 Å². The molecule has 1 saturated heterocycles. The highest BCUT2D eigenvalue weighted by atomic mass is 16.5. The summed E-state index contributed by atoms with van der Waals surface area (Å²) < 4.78 is 11.0. The molecule has 2 heterocycles. The Morgan fingerprint density at radius 1 is 1.23 bits per heavy atom. The van der Waals surface area contributed by atoms with Crippen LogP contribution >= 0.6 is 0 Å². The highest BCUT2D eigenvalue weighted by Gasteiger charge is 2.37. The van der Waals surface area contributed by atoms with E-state index in [0.29, 0.717) is 24.5 Å². The Labute approximate surface area is 153 Å². The molecule has 0 bridgehead atoms. The van der Waals surface area contributed by atoms with E-state index in [1.807, 2.05) is 41.3 Å². The monoisotopic (exact) mass is 356 g/mol. The fraction of sp³-hybridized carbons (Fsp3) is 0.400. The van der Waals surface area contributed by atoms with Crippen molar-refractivity contribution in [3.63, 3.8) is 0 Å². The van der Waals surface area contributed by atoms with Gasteiger partial charge in [0.05, 0.1) is 26.0 Å². The number of aromatic nitrogens is 1. The second-order valence-corrected chi connectivity index (χ2v) is 6.35. The average Bonchev–Trinajstić information content (AvgIpc) is 2.69. The third-order valence-electron chi connectivity index (χ3n) is 4.86. The minimum absolute atomic E-state index is 0.317. The molecule has 1 aromatic heterocycles. The molecule has 0 aliphatic carbocycles. The number of benzene rings is 1. The van der Waals surface area contributed by atoms with Crippen molar-refractivity contribution in [2.24, 2.45) is 0 Å². The number of carboxylic acid groups (broad SMARTS) is 1. The van der Waals surface area contributed by atoms with Crippen LogP contribution in [0.4, 0.5) is 0 Å². The van der Waals surface area contributed by atoms with E-state index < -0.39 is 12.0 Å². The van der Waals surface area contributed by atoms with Gasteiger partial charge < -0.3 is 14.6 Å². The summed E-state index contributed by atoms with van der Waals surface area (Å²) in [7, 11) is 3.23. The van der Waals surface area contributed by atoms with E-state index in [1.165, 1.54) is 0 Å². The predicted octanol–water partition coefficient (Wildman–Crippen LogP) is 3.13. The van der Waals surface area contributed by atoms with Crippen molar-refractivity contribution in [1.82, 2.24) is 9.88 Å². The molecule has 3 rings (SSSR count). The van der Waals surface area contributed by atoms with Gasteiger partial charge in [-0.15, -0.1) is 0 Å². The lowest BCUT2D eigenvalue weighted by atomic mass is 9.93. The van der Waals surface area contributed by atoms with Gasteiger partial charge in [0, 0.05) is 11.8 Å². The number of nitrogens with zero attached hydrogens (tertiary/aromatic N) is 2. The molecule has 0 radical (unpaired) electrons. The first-order valence-corrected chi connectivity index (χ1v) is 8.77. The van der Waals surface area contributed by atoms with Gasteiger partial charge in [0.2, 0.25) is 0 Å². The molecular formula is C20H24N2O4. The molecule has 0 amide bonds. The summed E-state index contributed by atoms with van der Waals surface area (Å²) >= 11 is 0. The number of piperidine rings is 1. The van der Waals surface area contributed by atoms with E-state index in [0.717, 1.165) is 24.1 Å². The number of rotatable bonds is 6. The van der Waals surface area contributed by atoms with E-state index in [4.69, 9.17) is 9.47 Å². The van der Waals surface area contributed by atoms with Gasteiger partial charge in [-0.05, 0) is 49.7 Å². The van der Waals surface area contributed by atoms with Crippen LogP contribution in [0.5, 0.6) is 11.5 Å². The standard InChI is InChI=1S/C20H24N2O4/c1-25-14-9-10-18(26-2)15(13-14)19(16-7-3-5-11-21-16)22-12-6-4-8-17(22)20(23)24/h3,5,7,9-11,13,17,19H,4,6,8,12H2,1-2H3,(H,23,24). The first-order chi connectivity index (χ1) is 12.7. The molecule has 0 saturated carbocycles. The van der Waals surface area contributed by atoms with Gasteiger partial charge in [0.1, 0.15) is 17.5 Å². The first-order valence-electron chi connectivity index (χ1n) is 8.77. The number of ether oxygens (including phenoxy) is 2. The molecule has 0 spiro atoms. The number of hydrogen-bond donors (Lipinski definition) is 1. The number of carbonyl (C=O) groups is 1. The van der Waals surface area contributed by atoms with E-state index in [1.54, 1.807) is 20.4 Å². The van der Waals surface area contributed by atoms with Gasteiger partial charge in [-0.1, -0.05) is 12.5 Å². The normalized spacial score (nSPS) is 18.9. The molecule has 6 heteroatoms. The Balaban J connectivity index is 2.14. The van der Waals surface area contributed by atoms with E-state index in [-0.39, 0.29) is 6.04 Å². The fourth-order valence-electron chi connectivity index (χ4n) is 3.63. The molecule has 2 aromatic rings. The smallest absolute Gasteiger partial charge is 0.320 e. The summed E-state index contributed by atoms with van der Waals surface area (Å²) in [4.78, 5) is 18.4. The van der Waals surface area contributed by atoms with Gasteiger partial charge in [-0.25, -0.2) is 0 Å². The largest absolute Gasteiger partial charge is 0.497 e. The Bertz CT molecular complexity index is 751.